The van der Waals surface area contributed by atoms with Crippen LogP contribution in [0.3, 0.4) is 0 Å². The third kappa shape index (κ3) is 5.59. The Hall–Kier alpha value is -3.53. The number of H-pyrrole nitrogens is 1. The second-order valence-corrected chi connectivity index (χ2v) is 10.1. The number of carbonyl (C=O) groups excluding carboxylic acids is 1. The first-order chi connectivity index (χ1) is 17.1. The summed E-state index contributed by atoms with van der Waals surface area (Å²) in [6.07, 6.45) is 6.60. The van der Waals surface area contributed by atoms with Gasteiger partial charge in [0.25, 0.3) is 5.91 Å². The maximum absolute atomic E-state index is 12.7. The zero-order valence-electron chi connectivity index (χ0n) is 19.9. The first-order valence-electron chi connectivity index (χ1n) is 12.1. The Morgan fingerprint density at radius 3 is 2.86 bits per heavy atom. The zero-order valence-corrected chi connectivity index (χ0v) is 20.7. The van der Waals surface area contributed by atoms with Crippen LogP contribution in [0.1, 0.15) is 55.2 Å². The number of hydrogen-bond donors (Lipinski definition) is 4. The van der Waals surface area contributed by atoms with E-state index in [1.54, 1.807) is 23.6 Å². The molecule has 0 bridgehead atoms. The minimum absolute atomic E-state index is 0.0630. The summed E-state index contributed by atoms with van der Waals surface area (Å²) in [4.78, 5) is 26.5. The molecule has 1 aliphatic rings. The molecule has 1 amide bonds. The molecule has 4 aromatic rings. The molecule has 0 aliphatic heterocycles. The van der Waals surface area contributed by atoms with Gasteiger partial charge in [-0.1, -0.05) is 19.4 Å². The SMILES string of the molecule is CCC1CCC(NC(=O)c2ccccn2)CC(Nc2nc(Nc3cc(C)[nH]n3)c3sccc3n2)C1. The summed E-state index contributed by atoms with van der Waals surface area (Å²) in [7, 11) is 0. The summed E-state index contributed by atoms with van der Waals surface area (Å²) in [6.45, 7) is 4.20. The third-order valence-electron chi connectivity index (χ3n) is 6.51. The fraction of sp³-hybridized carbons (Fsp3) is 0.400. The van der Waals surface area contributed by atoms with Crippen molar-refractivity contribution >= 4 is 45.0 Å². The van der Waals surface area contributed by atoms with Crippen molar-refractivity contribution in [1.29, 1.82) is 0 Å². The smallest absolute Gasteiger partial charge is 0.270 e. The van der Waals surface area contributed by atoms with Gasteiger partial charge in [-0.25, -0.2) is 4.98 Å². The number of hydrogen-bond acceptors (Lipinski definition) is 8. The fourth-order valence-corrected chi connectivity index (χ4v) is 5.47. The molecule has 9 nitrogen and oxygen atoms in total. The lowest BCUT2D eigenvalue weighted by Crippen LogP contribution is -2.38. The number of aromatic amines is 1. The quantitative estimate of drug-likeness (QED) is 0.268. The maximum Gasteiger partial charge on any atom is 0.270 e. The largest absolute Gasteiger partial charge is 0.351 e. The van der Waals surface area contributed by atoms with Crippen molar-refractivity contribution in [3.05, 3.63) is 53.3 Å². The molecule has 4 aromatic heterocycles. The van der Waals surface area contributed by atoms with Gasteiger partial charge in [0.1, 0.15) is 5.69 Å². The van der Waals surface area contributed by atoms with Crippen LogP contribution in [-0.2, 0) is 0 Å². The second-order valence-electron chi connectivity index (χ2n) is 9.14. The first kappa shape index (κ1) is 23.2. The Morgan fingerprint density at radius 2 is 2.09 bits per heavy atom. The average Bonchev–Trinajstić information content (AvgIpc) is 3.45. The molecule has 4 N–H and O–H groups in total. The molecule has 10 heteroatoms. The highest BCUT2D eigenvalue weighted by molar-refractivity contribution is 7.17. The molecule has 1 aliphatic carbocycles. The summed E-state index contributed by atoms with van der Waals surface area (Å²) in [5, 5.41) is 19.4. The summed E-state index contributed by atoms with van der Waals surface area (Å²) < 4.78 is 0.990. The van der Waals surface area contributed by atoms with E-state index in [1.165, 1.54) is 0 Å². The molecule has 1 fully saturated rings. The van der Waals surface area contributed by atoms with Crippen molar-refractivity contribution in [2.45, 2.75) is 58.0 Å². The van der Waals surface area contributed by atoms with Gasteiger partial charge in [-0.05, 0) is 62.1 Å². The molecule has 1 saturated carbocycles. The van der Waals surface area contributed by atoms with Crippen molar-refractivity contribution in [3.63, 3.8) is 0 Å². The zero-order chi connectivity index (χ0) is 24.2. The number of carbonyl (C=O) groups is 1. The van der Waals surface area contributed by atoms with Crippen molar-refractivity contribution in [3.8, 4) is 0 Å². The minimum atomic E-state index is -0.124. The summed E-state index contributed by atoms with van der Waals surface area (Å²) in [5.41, 5.74) is 2.32. The van der Waals surface area contributed by atoms with Crippen LogP contribution in [0, 0.1) is 12.8 Å². The number of thiophene rings is 1. The molecule has 0 radical (unpaired) electrons. The number of rotatable bonds is 7. The van der Waals surface area contributed by atoms with Gasteiger partial charge in [-0.3, -0.25) is 14.9 Å². The van der Waals surface area contributed by atoms with Crippen LogP contribution in [0.15, 0.2) is 41.9 Å². The number of aromatic nitrogens is 5. The summed E-state index contributed by atoms with van der Waals surface area (Å²) >= 11 is 1.60. The number of fused-ring (bicyclic) bond motifs is 1. The number of nitrogens with zero attached hydrogens (tertiary/aromatic N) is 4. The van der Waals surface area contributed by atoms with Crippen LogP contribution in [0.2, 0.25) is 0 Å². The highest BCUT2D eigenvalue weighted by Crippen LogP contribution is 2.31. The molecule has 0 spiro atoms. The van der Waals surface area contributed by atoms with E-state index in [2.05, 4.69) is 38.1 Å². The van der Waals surface area contributed by atoms with Crippen LogP contribution < -0.4 is 16.0 Å². The lowest BCUT2D eigenvalue weighted by atomic mass is 9.96. The van der Waals surface area contributed by atoms with Gasteiger partial charge in [-0.15, -0.1) is 11.3 Å². The Kier molecular flexibility index (Phi) is 6.89. The Morgan fingerprint density at radius 1 is 1.17 bits per heavy atom. The maximum atomic E-state index is 12.7. The predicted molar refractivity (Wildman–Crippen MR) is 139 cm³/mol. The van der Waals surface area contributed by atoms with Crippen LogP contribution >= 0.6 is 11.3 Å². The number of aryl methyl sites for hydroxylation is 1. The van der Waals surface area contributed by atoms with Crippen molar-refractivity contribution in [2.24, 2.45) is 5.92 Å². The van der Waals surface area contributed by atoms with E-state index in [-0.39, 0.29) is 18.0 Å². The van der Waals surface area contributed by atoms with Crippen LogP contribution in [-0.4, -0.2) is 43.1 Å². The van der Waals surface area contributed by atoms with Gasteiger partial charge in [0.15, 0.2) is 11.6 Å². The fourth-order valence-electron chi connectivity index (χ4n) is 4.69. The molecule has 182 valence electrons. The molecule has 3 atom stereocenters. The highest BCUT2D eigenvalue weighted by atomic mass is 32.1. The summed E-state index contributed by atoms with van der Waals surface area (Å²) in [6, 6.07) is 9.55. The Balaban J connectivity index is 1.35. The predicted octanol–water partition coefficient (Wildman–Crippen LogP) is 5.04. The Bertz CT molecular complexity index is 1290. The molecular formula is C25H30N8OS. The van der Waals surface area contributed by atoms with E-state index >= 15 is 0 Å². The van der Waals surface area contributed by atoms with Crippen LogP contribution in [0.5, 0.6) is 0 Å². The molecular weight excluding hydrogens is 460 g/mol. The van der Waals surface area contributed by atoms with Gasteiger partial charge < -0.3 is 16.0 Å². The molecule has 0 saturated heterocycles. The van der Waals surface area contributed by atoms with Gasteiger partial charge in [0.05, 0.1) is 10.2 Å². The Labute approximate surface area is 208 Å². The molecule has 35 heavy (non-hydrogen) atoms. The number of nitrogens with one attached hydrogen (secondary N) is 4. The van der Waals surface area contributed by atoms with E-state index in [0.29, 0.717) is 17.6 Å². The van der Waals surface area contributed by atoms with Crippen LogP contribution in [0.4, 0.5) is 17.6 Å². The topological polar surface area (TPSA) is 121 Å². The van der Waals surface area contributed by atoms with E-state index in [0.717, 1.165) is 59.7 Å². The normalized spacial score (nSPS) is 20.3. The molecule has 0 aromatic carbocycles. The van der Waals surface area contributed by atoms with Crippen LogP contribution in [0.25, 0.3) is 10.2 Å². The molecule has 3 unspecified atom stereocenters. The number of anilines is 3. The van der Waals surface area contributed by atoms with Gasteiger partial charge >= 0.3 is 0 Å². The first-order valence-corrected chi connectivity index (χ1v) is 13.0. The molecule has 4 heterocycles. The second kappa shape index (κ2) is 10.4. The third-order valence-corrected chi connectivity index (χ3v) is 7.42. The van der Waals surface area contributed by atoms with Gasteiger partial charge in [0, 0.05) is 30.0 Å². The monoisotopic (exact) mass is 490 g/mol. The molecule has 5 rings (SSSR count). The van der Waals surface area contributed by atoms with E-state index in [9.17, 15) is 4.79 Å². The number of pyridine rings is 1. The van der Waals surface area contributed by atoms with E-state index < -0.39 is 0 Å². The van der Waals surface area contributed by atoms with Crippen molar-refractivity contribution in [2.75, 3.05) is 10.6 Å². The van der Waals surface area contributed by atoms with Gasteiger partial charge in [0.2, 0.25) is 5.95 Å². The lowest BCUT2D eigenvalue weighted by molar-refractivity contribution is 0.0927. The lowest BCUT2D eigenvalue weighted by Gasteiger charge is -2.23. The average molecular weight is 491 g/mol. The van der Waals surface area contributed by atoms with E-state index in [4.69, 9.17) is 9.97 Å². The standard InChI is InChI=1S/C25H30N8OS/c1-3-16-7-8-17(27-24(34)20-6-4-5-10-26-20)14-18(13-16)28-25-29-19-9-11-35-22(19)23(31-25)30-21-12-15(2)32-33-21/h4-6,9-12,16-18H,3,7-8,13-14H2,1-2H3,(H,27,34)(H3,28,29,30,31,32,33). The van der Waals surface area contributed by atoms with E-state index in [1.807, 2.05) is 36.6 Å². The minimum Gasteiger partial charge on any atom is -0.351 e. The summed E-state index contributed by atoms with van der Waals surface area (Å²) in [5.74, 6) is 2.50. The van der Waals surface area contributed by atoms with Gasteiger partial charge in [-0.2, -0.15) is 10.1 Å². The van der Waals surface area contributed by atoms with Crippen molar-refractivity contribution < 1.29 is 4.79 Å². The number of amides is 1. The van der Waals surface area contributed by atoms with Crippen molar-refractivity contribution in [1.82, 2.24) is 30.5 Å². The highest BCUT2D eigenvalue weighted by Gasteiger charge is 2.27.